The van der Waals surface area contributed by atoms with Gasteiger partial charge in [0.25, 0.3) is 5.56 Å². The standard InChI is InChI=1S/C23H15ClN4O3/c24-15-10-11-20-25-16(13-27(20)12-15)14-31-23(30)21-18-8-4-5-9-19(18)22(29)28(26-21)17-6-2-1-3-7-17/h1-13H,14H2. The summed E-state index contributed by atoms with van der Waals surface area (Å²) < 4.78 is 8.46. The number of hydrogen-bond donors (Lipinski definition) is 0. The molecule has 0 aliphatic carbocycles. The van der Waals surface area contributed by atoms with Gasteiger partial charge in [-0.05, 0) is 30.3 Å². The van der Waals surface area contributed by atoms with Crippen LogP contribution >= 0.6 is 11.6 Å². The van der Waals surface area contributed by atoms with Gasteiger partial charge in [-0.1, -0.05) is 48.0 Å². The number of para-hydroxylation sites is 1. The van der Waals surface area contributed by atoms with Crippen molar-refractivity contribution in [2.45, 2.75) is 6.61 Å². The van der Waals surface area contributed by atoms with Crippen LogP contribution in [0.2, 0.25) is 5.02 Å². The second-order valence-corrected chi connectivity index (χ2v) is 7.30. The number of halogens is 1. The first-order valence-electron chi connectivity index (χ1n) is 9.48. The van der Waals surface area contributed by atoms with E-state index in [9.17, 15) is 9.59 Å². The SMILES string of the molecule is O=C(OCc1cn2cc(Cl)ccc2n1)c1nn(-c2ccccc2)c(=O)c2ccccc12. The number of benzene rings is 2. The highest BCUT2D eigenvalue weighted by atomic mass is 35.5. The lowest BCUT2D eigenvalue weighted by molar-refractivity contribution is 0.0462. The van der Waals surface area contributed by atoms with Gasteiger partial charge in [0.15, 0.2) is 5.69 Å². The molecule has 5 aromatic rings. The van der Waals surface area contributed by atoms with Gasteiger partial charge in [0, 0.05) is 17.8 Å². The Bertz CT molecular complexity index is 1490. The van der Waals surface area contributed by atoms with Crippen LogP contribution in [0.1, 0.15) is 16.2 Å². The van der Waals surface area contributed by atoms with Crippen molar-refractivity contribution < 1.29 is 9.53 Å². The Balaban J connectivity index is 1.51. The van der Waals surface area contributed by atoms with Crippen LogP contribution in [0.25, 0.3) is 22.1 Å². The largest absolute Gasteiger partial charge is 0.454 e. The molecule has 0 amide bonds. The predicted octanol–water partition coefficient (Wildman–Crippen LogP) is 4.04. The number of esters is 1. The van der Waals surface area contributed by atoms with Gasteiger partial charge in [0.2, 0.25) is 0 Å². The fourth-order valence-corrected chi connectivity index (χ4v) is 3.55. The van der Waals surface area contributed by atoms with Gasteiger partial charge in [0.1, 0.15) is 12.3 Å². The van der Waals surface area contributed by atoms with Gasteiger partial charge in [-0.25, -0.2) is 9.78 Å². The second kappa shape index (κ2) is 7.70. The fourth-order valence-electron chi connectivity index (χ4n) is 3.38. The minimum Gasteiger partial charge on any atom is -0.454 e. The van der Waals surface area contributed by atoms with Crippen LogP contribution in [0.3, 0.4) is 0 Å². The molecule has 0 N–H and O–H groups in total. The molecular formula is C23H15ClN4O3. The Labute approximate surface area is 181 Å². The quantitative estimate of drug-likeness (QED) is 0.402. The number of imidazole rings is 1. The van der Waals surface area contributed by atoms with Crippen LogP contribution in [-0.4, -0.2) is 25.1 Å². The molecule has 0 fully saturated rings. The monoisotopic (exact) mass is 430 g/mol. The van der Waals surface area contributed by atoms with E-state index in [-0.39, 0.29) is 17.9 Å². The van der Waals surface area contributed by atoms with Crippen LogP contribution < -0.4 is 5.56 Å². The molecule has 0 radical (unpaired) electrons. The highest BCUT2D eigenvalue weighted by Crippen LogP contribution is 2.17. The number of aromatic nitrogens is 4. The third-order valence-corrected chi connectivity index (χ3v) is 5.04. The Morgan fingerprint density at radius 1 is 0.935 bits per heavy atom. The predicted molar refractivity (Wildman–Crippen MR) is 117 cm³/mol. The van der Waals surface area contributed by atoms with E-state index in [1.54, 1.807) is 77.5 Å². The zero-order valence-electron chi connectivity index (χ0n) is 16.1. The summed E-state index contributed by atoms with van der Waals surface area (Å²) in [5.74, 6) is -0.643. The number of nitrogens with zero attached hydrogens (tertiary/aromatic N) is 4. The smallest absolute Gasteiger partial charge is 0.359 e. The highest BCUT2D eigenvalue weighted by Gasteiger charge is 2.19. The summed E-state index contributed by atoms with van der Waals surface area (Å²) in [5, 5.41) is 5.72. The van der Waals surface area contributed by atoms with E-state index in [2.05, 4.69) is 10.1 Å². The summed E-state index contributed by atoms with van der Waals surface area (Å²) in [6, 6.07) is 19.3. The average Bonchev–Trinajstić information content (AvgIpc) is 3.20. The van der Waals surface area contributed by atoms with Crippen molar-refractivity contribution in [3.63, 3.8) is 0 Å². The van der Waals surface area contributed by atoms with Crippen LogP contribution in [-0.2, 0) is 11.3 Å². The lowest BCUT2D eigenvalue weighted by Gasteiger charge is -2.10. The van der Waals surface area contributed by atoms with Crippen molar-refractivity contribution in [1.82, 2.24) is 19.2 Å². The zero-order valence-corrected chi connectivity index (χ0v) is 16.9. The first kappa shape index (κ1) is 19.0. The Hall–Kier alpha value is -3.97. The van der Waals surface area contributed by atoms with Gasteiger partial charge in [-0.3, -0.25) is 4.79 Å². The lowest BCUT2D eigenvalue weighted by Crippen LogP contribution is -2.25. The van der Waals surface area contributed by atoms with E-state index in [1.807, 2.05) is 6.07 Å². The molecule has 0 aliphatic heterocycles. The van der Waals surface area contributed by atoms with E-state index >= 15 is 0 Å². The van der Waals surface area contributed by atoms with Gasteiger partial charge < -0.3 is 9.14 Å². The van der Waals surface area contributed by atoms with Gasteiger partial charge >= 0.3 is 5.97 Å². The number of fused-ring (bicyclic) bond motifs is 2. The van der Waals surface area contributed by atoms with Gasteiger partial charge in [-0.2, -0.15) is 9.78 Å². The molecule has 2 aromatic carbocycles. The summed E-state index contributed by atoms with van der Waals surface area (Å²) in [7, 11) is 0. The zero-order chi connectivity index (χ0) is 21.4. The topological polar surface area (TPSA) is 78.5 Å². The van der Waals surface area contributed by atoms with E-state index in [1.165, 1.54) is 4.68 Å². The Morgan fingerprint density at radius 3 is 2.48 bits per heavy atom. The normalized spacial score (nSPS) is 11.1. The van der Waals surface area contributed by atoms with Crippen LogP contribution in [0.4, 0.5) is 0 Å². The first-order chi connectivity index (χ1) is 15.1. The molecule has 0 spiro atoms. The molecule has 0 unspecified atom stereocenters. The van der Waals surface area contributed by atoms with Gasteiger partial charge in [-0.15, -0.1) is 0 Å². The van der Waals surface area contributed by atoms with Crippen molar-refractivity contribution in [3.05, 3.63) is 106 Å². The van der Waals surface area contributed by atoms with Crippen molar-refractivity contribution >= 4 is 34.0 Å². The molecule has 5 rings (SSSR count). The summed E-state index contributed by atoms with van der Waals surface area (Å²) in [6.45, 7) is -0.0431. The molecule has 31 heavy (non-hydrogen) atoms. The maximum absolute atomic E-state index is 12.9. The molecule has 0 atom stereocenters. The van der Waals surface area contributed by atoms with Gasteiger partial charge in [0.05, 0.1) is 21.8 Å². The summed E-state index contributed by atoms with van der Waals surface area (Å²) in [6.07, 6.45) is 3.46. The van der Waals surface area contributed by atoms with E-state index in [0.29, 0.717) is 32.8 Å². The minimum atomic E-state index is -0.643. The highest BCUT2D eigenvalue weighted by molar-refractivity contribution is 6.30. The molecule has 0 saturated carbocycles. The molecule has 7 nitrogen and oxygen atoms in total. The Kier molecular flexibility index (Phi) is 4.72. The molecule has 8 heteroatoms. The minimum absolute atomic E-state index is 0.0431. The van der Waals surface area contributed by atoms with E-state index in [0.717, 1.165) is 0 Å². The molecule has 3 aromatic heterocycles. The summed E-state index contributed by atoms with van der Waals surface area (Å²) in [4.78, 5) is 30.3. The molecule has 152 valence electrons. The summed E-state index contributed by atoms with van der Waals surface area (Å²) in [5.41, 5.74) is 1.57. The average molecular weight is 431 g/mol. The van der Waals surface area contributed by atoms with Crippen molar-refractivity contribution in [3.8, 4) is 5.69 Å². The molecular weight excluding hydrogens is 416 g/mol. The third kappa shape index (κ3) is 3.55. The molecule has 0 bridgehead atoms. The third-order valence-electron chi connectivity index (χ3n) is 4.82. The number of hydrogen-bond acceptors (Lipinski definition) is 5. The Morgan fingerprint density at radius 2 is 1.68 bits per heavy atom. The molecule has 0 saturated heterocycles. The van der Waals surface area contributed by atoms with Crippen LogP contribution in [0, 0.1) is 0 Å². The number of carbonyl (C=O) groups is 1. The van der Waals surface area contributed by atoms with Crippen LogP contribution in [0.5, 0.6) is 0 Å². The van der Waals surface area contributed by atoms with E-state index in [4.69, 9.17) is 16.3 Å². The first-order valence-corrected chi connectivity index (χ1v) is 9.86. The van der Waals surface area contributed by atoms with Crippen LogP contribution in [0.15, 0.2) is 83.9 Å². The lowest BCUT2D eigenvalue weighted by atomic mass is 10.1. The van der Waals surface area contributed by atoms with Crippen molar-refractivity contribution in [1.29, 1.82) is 0 Å². The summed E-state index contributed by atoms with van der Waals surface area (Å²) >= 11 is 6.00. The molecule has 3 heterocycles. The maximum Gasteiger partial charge on any atom is 0.359 e. The van der Waals surface area contributed by atoms with Crippen molar-refractivity contribution in [2.75, 3.05) is 0 Å². The maximum atomic E-state index is 12.9. The number of ether oxygens (including phenoxy) is 1. The molecule has 0 aliphatic rings. The fraction of sp³-hybridized carbons (Fsp3) is 0.0435. The van der Waals surface area contributed by atoms with E-state index < -0.39 is 5.97 Å². The number of carbonyl (C=O) groups excluding carboxylic acids is 1. The van der Waals surface area contributed by atoms with Crippen molar-refractivity contribution in [2.24, 2.45) is 0 Å². The number of rotatable bonds is 4. The second-order valence-electron chi connectivity index (χ2n) is 6.87. The number of pyridine rings is 1.